The summed E-state index contributed by atoms with van der Waals surface area (Å²) in [6.45, 7) is 0. The monoisotopic (exact) mass is 764 g/mol. The maximum atomic E-state index is 2.41. The largest absolute Gasteiger partial charge is 0.310 e. The van der Waals surface area contributed by atoms with Crippen LogP contribution in [0.5, 0.6) is 0 Å². The van der Waals surface area contributed by atoms with Crippen molar-refractivity contribution in [1.82, 2.24) is 4.57 Å². The van der Waals surface area contributed by atoms with Crippen molar-refractivity contribution in [2.24, 2.45) is 0 Å². The standard InChI is InChI=1S/C58H40N2/c1-2-14-41(15-3-1)46-18-12-19-47(38-46)43-30-34-50(35-31-43)59(52-21-13-20-48(40-52)49-29-28-42-16-4-5-17-45(42)39-49)51-36-32-44(33-37-51)53-22-6-9-25-56(53)60-57-26-10-7-23-54(57)55-24-8-11-27-58(55)60/h1-40H. The van der Waals surface area contributed by atoms with E-state index in [1.54, 1.807) is 0 Å². The molecular formula is C58H40N2. The highest BCUT2D eigenvalue weighted by Gasteiger charge is 2.18. The van der Waals surface area contributed by atoms with E-state index in [9.17, 15) is 0 Å². The van der Waals surface area contributed by atoms with Crippen LogP contribution in [0.2, 0.25) is 0 Å². The zero-order chi connectivity index (χ0) is 39.8. The van der Waals surface area contributed by atoms with E-state index in [4.69, 9.17) is 0 Å². The Morgan fingerprint density at radius 2 is 0.750 bits per heavy atom. The summed E-state index contributed by atoms with van der Waals surface area (Å²) in [6.07, 6.45) is 0. The molecule has 0 aliphatic carbocycles. The number of aromatic nitrogens is 1. The first kappa shape index (κ1) is 35.2. The van der Waals surface area contributed by atoms with Crippen molar-refractivity contribution in [2.75, 3.05) is 4.90 Å². The second-order valence-electron chi connectivity index (χ2n) is 15.4. The number of rotatable bonds is 8. The van der Waals surface area contributed by atoms with Crippen molar-refractivity contribution in [3.8, 4) is 50.2 Å². The number of hydrogen-bond donors (Lipinski definition) is 0. The fourth-order valence-electron chi connectivity index (χ4n) is 8.84. The first-order valence-electron chi connectivity index (χ1n) is 20.6. The third kappa shape index (κ3) is 6.41. The minimum Gasteiger partial charge on any atom is -0.310 e. The summed E-state index contributed by atoms with van der Waals surface area (Å²) in [5.41, 5.74) is 16.4. The van der Waals surface area contributed by atoms with Gasteiger partial charge in [0.25, 0.3) is 0 Å². The van der Waals surface area contributed by atoms with Gasteiger partial charge in [0.1, 0.15) is 0 Å². The van der Waals surface area contributed by atoms with Gasteiger partial charge in [0.15, 0.2) is 0 Å². The second kappa shape index (κ2) is 15.1. The molecule has 2 heteroatoms. The van der Waals surface area contributed by atoms with Crippen molar-refractivity contribution in [3.05, 3.63) is 243 Å². The van der Waals surface area contributed by atoms with E-state index in [0.717, 1.165) is 28.3 Å². The fourth-order valence-corrected chi connectivity index (χ4v) is 8.84. The van der Waals surface area contributed by atoms with Crippen LogP contribution in [0, 0.1) is 0 Å². The molecule has 1 aromatic heterocycles. The normalized spacial score (nSPS) is 11.3. The van der Waals surface area contributed by atoms with E-state index in [0.29, 0.717) is 0 Å². The smallest absolute Gasteiger partial charge is 0.0541 e. The minimum atomic E-state index is 1.09. The van der Waals surface area contributed by atoms with Gasteiger partial charge in [0.2, 0.25) is 0 Å². The Morgan fingerprint density at radius 3 is 1.45 bits per heavy atom. The Bertz CT molecular complexity index is 3250. The quantitative estimate of drug-likeness (QED) is 0.150. The number of fused-ring (bicyclic) bond motifs is 4. The summed E-state index contributed by atoms with van der Waals surface area (Å²) >= 11 is 0. The SMILES string of the molecule is c1ccc(-c2cccc(-c3ccc(N(c4ccc(-c5ccccc5-n5c6ccccc6c6ccccc65)cc4)c4cccc(-c5ccc6ccccc6c5)c4)cc3)c2)cc1. The lowest BCUT2D eigenvalue weighted by molar-refractivity contribution is 1.18. The van der Waals surface area contributed by atoms with Gasteiger partial charge in [-0.15, -0.1) is 0 Å². The molecule has 1 heterocycles. The maximum Gasteiger partial charge on any atom is 0.0541 e. The van der Waals surface area contributed by atoms with Crippen LogP contribution in [0.25, 0.3) is 82.8 Å². The molecule has 0 amide bonds. The molecule has 0 aliphatic rings. The second-order valence-corrected chi connectivity index (χ2v) is 15.4. The summed E-state index contributed by atoms with van der Waals surface area (Å²) in [5.74, 6) is 0. The molecule has 282 valence electrons. The van der Waals surface area contributed by atoms with Crippen molar-refractivity contribution < 1.29 is 0 Å². The fraction of sp³-hybridized carbons (Fsp3) is 0. The summed E-state index contributed by atoms with van der Waals surface area (Å²) < 4.78 is 2.41. The summed E-state index contributed by atoms with van der Waals surface area (Å²) in [6, 6.07) is 87.9. The Balaban J connectivity index is 1.00. The molecule has 0 aliphatic heterocycles. The van der Waals surface area contributed by atoms with E-state index < -0.39 is 0 Å². The number of hydrogen-bond acceptors (Lipinski definition) is 1. The molecule has 0 bridgehead atoms. The van der Waals surface area contributed by atoms with Gasteiger partial charge in [0, 0.05) is 33.4 Å². The first-order valence-corrected chi connectivity index (χ1v) is 20.6. The summed E-state index contributed by atoms with van der Waals surface area (Å²) in [4.78, 5) is 2.37. The van der Waals surface area contributed by atoms with E-state index in [1.807, 2.05) is 0 Å². The minimum absolute atomic E-state index is 1.09. The van der Waals surface area contributed by atoms with Crippen LogP contribution in [0.3, 0.4) is 0 Å². The van der Waals surface area contributed by atoms with Crippen molar-refractivity contribution >= 4 is 49.6 Å². The van der Waals surface area contributed by atoms with Gasteiger partial charge in [0.05, 0.1) is 16.7 Å². The molecule has 0 saturated carbocycles. The molecule has 0 spiro atoms. The van der Waals surface area contributed by atoms with Gasteiger partial charge in [-0.1, -0.05) is 176 Å². The maximum absolute atomic E-state index is 2.41. The number of para-hydroxylation sites is 3. The molecular weight excluding hydrogens is 725 g/mol. The third-order valence-corrected chi connectivity index (χ3v) is 11.8. The Labute approximate surface area is 350 Å². The lowest BCUT2D eigenvalue weighted by Crippen LogP contribution is -2.10. The van der Waals surface area contributed by atoms with Crippen LogP contribution in [-0.2, 0) is 0 Å². The molecule has 0 fully saturated rings. The van der Waals surface area contributed by atoms with Crippen molar-refractivity contribution in [2.45, 2.75) is 0 Å². The molecule has 11 rings (SSSR count). The molecule has 10 aromatic carbocycles. The molecule has 0 atom stereocenters. The van der Waals surface area contributed by atoms with E-state index >= 15 is 0 Å². The van der Waals surface area contributed by atoms with Crippen LogP contribution < -0.4 is 4.90 Å². The number of nitrogens with zero attached hydrogens (tertiary/aromatic N) is 2. The average Bonchev–Trinajstić information content (AvgIpc) is 3.67. The van der Waals surface area contributed by atoms with Crippen LogP contribution in [0.4, 0.5) is 17.1 Å². The van der Waals surface area contributed by atoms with Gasteiger partial charge in [-0.05, 0) is 116 Å². The molecule has 0 saturated heterocycles. The van der Waals surface area contributed by atoms with E-state index in [-0.39, 0.29) is 0 Å². The average molecular weight is 765 g/mol. The summed E-state index contributed by atoms with van der Waals surface area (Å²) in [5, 5.41) is 5.00. The van der Waals surface area contributed by atoms with Gasteiger partial charge in [-0.2, -0.15) is 0 Å². The molecule has 0 N–H and O–H groups in total. The summed E-state index contributed by atoms with van der Waals surface area (Å²) in [7, 11) is 0. The Morgan fingerprint density at radius 1 is 0.267 bits per heavy atom. The van der Waals surface area contributed by atoms with E-state index in [2.05, 4.69) is 252 Å². The lowest BCUT2D eigenvalue weighted by Gasteiger charge is -2.26. The predicted molar refractivity (Wildman–Crippen MR) is 255 cm³/mol. The molecule has 0 unspecified atom stereocenters. The van der Waals surface area contributed by atoms with Crippen molar-refractivity contribution in [3.63, 3.8) is 0 Å². The molecule has 2 nitrogen and oxygen atoms in total. The van der Waals surface area contributed by atoms with E-state index in [1.165, 1.54) is 71.5 Å². The third-order valence-electron chi connectivity index (χ3n) is 11.8. The van der Waals surface area contributed by atoms with Gasteiger partial charge >= 0.3 is 0 Å². The van der Waals surface area contributed by atoms with Gasteiger partial charge < -0.3 is 9.47 Å². The van der Waals surface area contributed by atoms with Gasteiger partial charge in [-0.3, -0.25) is 0 Å². The number of benzene rings is 10. The van der Waals surface area contributed by atoms with Crippen molar-refractivity contribution in [1.29, 1.82) is 0 Å². The van der Waals surface area contributed by atoms with Crippen LogP contribution in [-0.4, -0.2) is 4.57 Å². The highest BCUT2D eigenvalue weighted by Crippen LogP contribution is 2.41. The lowest BCUT2D eigenvalue weighted by atomic mass is 9.98. The highest BCUT2D eigenvalue weighted by atomic mass is 15.1. The van der Waals surface area contributed by atoms with Crippen LogP contribution in [0.15, 0.2) is 243 Å². The highest BCUT2D eigenvalue weighted by molar-refractivity contribution is 6.09. The number of anilines is 3. The topological polar surface area (TPSA) is 8.17 Å². The van der Waals surface area contributed by atoms with Gasteiger partial charge in [-0.25, -0.2) is 0 Å². The molecule has 11 aromatic rings. The molecule has 60 heavy (non-hydrogen) atoms. The Hall–Kier alpha value is -7.94. The molecule has 0 radical (unpaired) electrons. The van der Waals surface area contributed by atoms with Crippen LogP contribution >= 0.6 is 0 Å². The predicted octanol–water partition coefficient (Wildman–Crippen LogP) is 16.1. The first-order chi connectivity index (χ1) is 29.7. The van der Waals surface area contributed by atoms with Crippen LogP contribution in [0.1, 0.15) is 0 Å². The zero-order valence-electron chi connectivity index (χ0n) is 33.0. The zero-order valence-corrected chi connectivity index (χ0v) is 33.0. The Kier molecular flexibility index (Phi) is 8.87.